The van der Waals surface area contributed by atoms with E-state index < -0.39 is 32.9 Å². The van der Waals surface area contributed by atoms with Crippen LogP contribution in [0.2, 0.25) is 5.02 Å². The van der Waals surface area contributed by atoms with Crippen LogP contribution in [0.25, 0.3) is 5.69 Å². The average molecular weight is 313 g/mol. The van der Waals surface area contributed by atoms with Crippen LogP contribution in [-0.4, -0.2) is 30.7 Å². The van der Waals surface area contributed by atoms with Gasteiger partial charge in [0.05, 0.1) is 9.85 Å². The second kappa shape index (κ2) is 5.17. The highest BCUT2D eigenvalue weighted by Crippen LogP contribution is 2.28. The molecule has 2 aromatic rings. The van der Waals surface area contributed by atoms with Crippen molar-refractivity contribution in [2.24, 2.45) is 0 Å². The molecule has 0 bridgehead atoms. The minimum absolute atomic E-state index is 0.130. The Balaban J connectivity index is 2.70. The molecule has 1 aromatic heterocycles. The van der Waals surface area contributed by atoms with Gasteiger partial charge in [-0.25, -0.2) is 9.48 Å². The number of rotatable bonds is 4. The summed E-state index contributed by atoms with van der Waals surface area (Å²) in [5, 5.41) is 34.2. The van der Waals surface area contributed by atoms with Gasteiger partial charge < -0.3 is 5.11 Å². The first kappa shape index (κ1) is 14.4. The van der Waals surface area contributed by atoms with Gasteiger partial charge in [-0.15, -0.1) is 0 Å². The molecule has 108 valence electrons. The summed E-state index contributed by atoms with van der Waals surface area (Å²) in [5.41, 5.74) is -2.21. The first-order valence-corrected chi connectivity index (χ1v) is 5.60. The highest BCUT2D eigenvalue weighted by Gasteiger charge is 2.28. The Morgan fingerprint density at radius 3 is 2.33 bits per heavy atom. The fourth-order valence-electron chi connectivity index (χ4n) is 1.61. The quantitative estimate of drug-likeness (QED) is 0.672. The van der Waals surface area contributed by atoms with Crippen molar-refractivity contribution < 1.29 is 19.7 Å². The molecule has 0 unspecified atom stereocenters. The first-order chi connectivity index (χ1) is 9.81. The normalized spacial score (nSPS) is 10.3. The van der Waals surface area contributed by atoms with Crippen molar-refractivity contribution >= 4 is 28.9 Å². The van der Waals surface area contributed by atoms with Crippen molar-refractivity contribution in [2.45, 2.75) is 0 Å². The van der Waals surface area contributed by atoms with E-state index in [4.69, 9.17) is 16.7 Å². The predicted octanol–water partition coefficient (Wildman–Crippen LogP) is 2.04. The molecule has 1 aromatic carbocycles. The van der Waals surface area contributed by atoms with Gasteiger partial charge in [0.2, 0.25) is 5.69 Å². The van der Waals surface area contributed by atoms with Gasteiger partial charge in [-0.1, -0.05) is 11.6 Å². The van der Waals surface area contributed by atoms with Crippen molar-refractivity contribution in [2.75, 3.05) is 0 Å². The standard InChI is InChI=1S/C10H5ClN4O6/c11-5-1-2-6(14(18)19)7(3-5)13-4-8(15(20)21)9(12-13)10(16)17/h1-4H,(H,16,17). The molecule has 0 saturated heterocycles. The summed E-state index contributed by atoms with van der Waals surface area (Å²) in [6.45, 7) is 0. The number of carboxylic acids is 1. The van der Waals surface area contributed by atoms with Crippen molar-refractivity contribution in [1.29, 1.82) is 0 Å². The Bertz CT molecular complexity index is 739. The van der Waals surface area contributed by atoms with E-state index in [2.05, 4.69) is 5.10 Å². The van der Waals surface area contributed by atoms with E-state index >= 15 is 0 Å². The minimum Gasteiger partial charge on any atom is -0.476 e. The van der Waals surface area contributed by atoms with E-state index in [-0.39, 0.29) is 10.7 Å². The number of aromatic carboxylic acids is 1. The maximum absolute atomic E-state index is 10.9. The molecule has 0 fully saturated rings. The lowest BCUT2D eigenvalue weighted by atomic mass is 10.2. The van der Waals surface area contributed by atoms with Gasteiger partial charge >= 0.3 is 11.7 Å². The fourth-order valence-corrected chi connectivity index (χ4v) is 1.77. The maximum Gasteiger partial charge on any atom is 0.363 e. The molecule has 11 heteroatoms. The topological polar surface area (TPSA) is 141 Å². The number of aromatic nitrogens is 2. The molecular weight excluding hydrogens is 308 g/mol. The van der Waals surface area contributed by atoms with E-state index in [1.807, 2.05) is 0 Å². The van der Waals surface area contributed by atoms with Gasteiger partial charge in [-0.2, -0.15) is 5.10 Å². The van der Waals surface area contributed by atoms with E-state index in [1.165, 1.54) is 6.07 Å². The van der Waals surface area contributed by atoms with Crippen LogP contribution in [0.4, 0.5) is 11.4 Å². The molecule has 0 aliphatic rings. The van der Waals surface area contributed by atoms with Crippen LogP contribution in [0.1, 0.15) is 10.5 Å². The van der Waals surface area contributed by atoms with Gasteiger partial charge in [0.25, 0.3) is 5.69 Å². The highest BCUT2D eigenvalue weighted by molar-refractivity contribution is 6.30. The van der Waals surface area contributed by atoms with Crippen LogP contribution in [-0.2, 0) is 0 Å². The second-order valence-corrected chi connectivity index (χ2v) is 4.20. The number of nitro benzene ring substituents is 1. The third-order valence-electron chi connectivity index (χ3n) is 2.48. The summed E-state index contributed by atoms with van der Waals surface area (Å²) >= 11 is 5.73. The van der Waals surface area contributed by atoms with E-state index in [0.717, 1.165) is 23.0 Å². The summed E-state index contributed by atoms with van der Waals surface area (Å²) in [6, 6.07) is 3.51. The Hall–Kier alpha value is -3.01. The number of carbonyl (C=O) groups is 1. The predicted molar refractivity (Wildman–Crippen MR) is 68.8 cm³/mol. The monoisotopic (exact) mass is 312 g/mol. The van der Waals surface area contributed by atoms with Crippen molar-refractivity contribution in [3.05, 3.63) is 55.3 Å². The van der Waals surface area contributed by atoms with Crippen LogP contribution in [0.5, 0.6) is 0 Å². The fraction of sp³-hybridized carbons (Fsp3) is 0. The first-order valence-electron chi connectivity index (χ1n) is 5.23. The number of halogens is 1. The number of carboxylic acid groups (broad SMARTS) is 1. The summed E-state index contributed by atoms with van der Waals surface area (Å²) in [5.74, 6) is -1.62. The molecule has 0 radical (unpaired) electrons. The van der Waals surface area contributed by atoms with Gasteiger partial charge in [0.1, 0.15) is 11.9 Å². The lowest BCUT2D eigenvalue weighted by molar-refractivity contribution is -0.385. The van der Waals surface area contributed by atoms with Crippen LogP contribution >= 0.6 is 11.6 Å². The number of hydrogen-bond donors (Lipinski definition) is 1. The summed E-state index contributed by atoms with van der Waals surface area (Å²) in [4.78, 5) is 31.0. The second-order valence-electron chi connectivity index (χ2n) is 3.76. The van der Waals surface area contributed by atoms with Crippen LogP contribution in [0, 0.1) is 20.2 Å². The molecule has 0 aliphatic carbocycles. The molecule has 2 rings (SSSR count). The molecule has 0 aliphatic heterocycles. The Kier molecular flexibility index (Phi) is 3.54. The molecule has 1 heterocycles. The summed E-state index contributed by atoms with van der Waals surface area (Å²) in [6.07, 6.45) is 0.780. The van der Waals surface area contributed by atoms with Gasteiger partial charge in [0.15, 0.2) is 0 Å². The molecule has 0 amide bonds. The zero-order valence-electron chi connectivity index (χ0n) is 9.96. The molecule has 0 atom stereocenters. The summed E-state index contributed by atoms with van der Waals surface area (Å²) < 4.78 is 0.742. The van der Waals surface area contributed by atoms with Crippen LogP contribution in [0.3, 0.4) is 0 Å². The lowest BCUT2D eigenvalue weighted by Gasteiger charge is -2.02. The number of hydrogen-bond acceptors (Lipinski definition) is 6. The zero-order valence-corrected chi connectivity index (χ0v) is 10.7. The van der Waals surface area contributed by atoms with Crippen molar-refractivity contribution in [1.82, 2.24) is 9.78 Å². The average Bonchev–Trinajstić information content (AvgIpc) is 2.83. The Labute approximate surface area is 120 Å². The Morgan fingerprint density at radius 2 is 1.86 bits per heavy atom. The van der Waals surface area contributed by atoms with Crippen molar-refractivity contribution in [3.8, 4) is 5.69 Å². The molecule has 0 spiro atoms. The van der Waals surface area contributed by atoms with Crippen LogP contribution < -0.4 is 0 Å². The number of nitro groups is 2. The molecule has 1 N–H and O–H groups in total. The zero-order chi connectivity index (χ0) is 15.7. The largest absolute Gasteiger partial charge is 0.476 e. The number of benzene rings is 1. The highest BCUT2D eigenvalue weighted by atomic mass is 35.5. The molecule has 0 saturated carbocycles. The Morgan fingerprint density at radius 1 is 1.24 bits per heavy atom. The van der Waals surface area contributed by atoms with E-state index in [1.54, 1.807) is 0 Å². The smallest absolute Gasteiger partial charge is 0.363 e. The van der Waals surface area contributed by atoms with Gasteiger partial charge in [-0.3, -0.25) is 20.2 Å². The van der Waals surface area contributed by atoms with Gasteiger partial charge in [-0.05, 0) is 12.1 Å². The lowest BCUT2D eigenvalue weighted by Crippen LogP contribution is -2.04. The minimum atomic E-state index is -1.62. The van der Waals surface area contributed by atoms with Crippen molar-refractivity contribution in [3.63, 3.8) is 0 Å². The molecule has 10 nitrogen and oxygen atoms in total. The summed E-state index contributed by atoms with van der Waals surface area (Å²) in [7, 11) is 0. The molecular formula is C10H5ClN4O6. The van der Waals surface area contributed by atoms with Gasteiger partial charge in [0, 0.05) is 11.1 Å². The number of nitrogens with zero attached hydrogens (tertiary/aromatic N) is 4. The maximum atomic E-state index is 10.9. The van der Waals surface area contributed by atoms with E-state index in [0.29, 0.717) is 0 Å². The van der Waals surface area contributed by atoms with Crippen LogP contribution in [0.15, 0.2) is 24.4 Å². The third-order valence-corrected chi connectivity index (χ3v) is 2.71. The molecule has 21 heavy (non-hydrogen) atoms. The third kappa shape index (κ3) is 2.65. The SMILES string of the molecule is O=C(O)c1nn(-c2cc(Cl)ccc2[N+](=O)[O-])cc1[N+](=O)[O-]. The van der Waals surface area contributed by atoms with E-state index in [9.17, 15) is 25.0 Å².